The number of carbonyl (C=O) groups excluding carboxylic acids is 1. The Morgan fingerprint density at radius 1 is 1.38 bits per heavy atom. The Morgan fingerprint density at radius 2 is 2.04 bits per heavy atom. The van der Waals surface area contributed by atoms with Crippen LogP contribution in [-0.2, 0) is 9.47 Å². The molecular formula is C16H23BrN4O3. The van der Waals surface area contributed by atoms with Gasteiger partial charge in [-0.25, -0.2) is 9.78 Å². The molecule has 0 N–H and O–H groups in total. The lowest BCUT2D eigenvalue weighted by molar-refractivity contribution is 0.0567. The van der Waals surface area contributed by atoms with Crippen molar-refractivity contribution in [3.63, 3.8) is 0 Å². The fourth-order valence-electron chi connectivity index (χ4n) is 2.24. The van der Waals surface area contributed by atoms with E-state index in [9.17, 15) is 4.79 Å². The number of methoxy groups -OCH3 is 1. The number of hydrogen-bond donors (Lipinski definition) is 0. The largest absolute Gasteiger partial charge is 0.443 e. The fourth-order valence-corrected chi connectivity index (χ4v) is 2.59. The highest BCUT2D eigenvalue weighted by Crippen LogP contribution is 2.28. The number of halogens is 1. The van der Waals surface area contributed by atoms with Crippen LogP contribution in [0.25, 0.3) is 5.65 Å². The van der Waals surface area contributed by atoms with Crippen LogP contribution in [0.5, 0.6) is 0 Å². The van der Waals surface area contributed by atoms with Crippen LogP contribution in [0.2, 0.25) is 0 Å². The van der Waals surface area contributed by atoms with Crippen LogP contribution in [0.1, 0.15) is 32.0 Å². The summed E-state index contributed by atoms with van der Waals surface area (Å²) in [7, 11) is 1.60. The van der Waals surface area contributed by atoms with Crippen molar-refractivity contribution in [3.8, 4) is 0 Å². The maximum absolute atomic E-state index is 12.8. The average Bonchev–Trinajstić information content (AvgIpc) is 2.82. The smallest absolute Gasteiger partial charge is 0.416 e. The van der Waals surface area contributed by atoms with E-state index in [-0.39, 0.29) is 0 Å². The Morgan fingerprint density at radius 3 is 2.62 bits per heavy atom. The molecule has 0 fully saturated rings. The third kappa shape index (κ3) is 3.87. The maximum atomic E-state index is 12.8. The van der Waals surface area contributed by atoms with Crippen LogP contribution in [0.4, 0.5) is 10.6 Å². The van der Waals surface area contributed by atoms with Crippen LogP contribution >= 0.6 is 15.9 Å². The highest BCUT2D eigenvalue weighted by molar-refractivity contribution is 9.10. The maximum Gasteiger partial charge on any atom is 0.416 e. The average molecular weight is 399 g/mol. The monoisotopic (exact) mass is 398 g/mol. The number of anilines is 1. The van der Waals surface area contributed by atoms with E-state index in [1.54, 1.807) is 22.7 Å². The van der Waals surface area contributed by atoms with E-state index in [0.717, 1.165) is 15.7 Å². The molecule has 0 aliphatic rings. The molecule has 7 nitrogen and oxygen atoms in total. The quantitative estimate of drug-likeness (QED) is 0.787. The van der Waals surface area contributed by atoms with Crippen molar-refractivity contribution in [3.05, 3.63) is 21.9 Å². The van der Waals surface area contributed by atoms with Crippen LogP contribution in [0, 0.1) is 13.8 Å². The van der Waals surface area contributed by atoms with Gasteiger partial charge in [0, 0.05) is 18.4 Å². The minimum absolute atomic E-state index is 0.349. The van der Waals surface area contributed by atoms with E-state index in [1.165, 1.54) is 0 Å². The van der Waals surface area contributed by atoms with E-state index in [1.807, 2.05) is 34.6 Å². The summed E-state index contributed by atoms with van der Waals surface area (Å²) in [5.74, 6) is 0.634. The highest BCUT2D eigenvalue weighted by Gasteiger charge is 2.28. The van der Waals surface area contributed by atoms with Crippen molar-refractivity contribution in [2.75, 3.05) is 25.2 Å². The lowest BCUT2D eigenvalue weighted by Gasteiger charge is -2.28. The zero-order valence-electron chi connectivity index (χ0n) is 14.9. The number of ether oxygens (including phenoxy) is 2. The Hall–Kier alpha value is -1.67. The van der Waals surface area contributed by atoms with Gasteiger partial charge in [0.2, 0.25) is 0 Å². The Bertz CT molecular complexity index is 752. The SMILES string of the molecule is COCCN(C(=O)OC(C)(C)C)c1c(C)c(C)nc2c(Br)cnn12. The van der Waals surface area contributed by atoms with Gasteiger partial charge in [0.05, 0.1) is 23.8 Å². The molecule has 8 heteroatoms. The van der Waals surface area contributed by atoms with Crippen LogP contribution in [0.3, 0.4) is 0 Å². The summed E-state index contributed by atoms with van der Waals surface area (Å²) < 4.78 is 13.1. The van der Waals surface area contributed by atoms with E-state index in [2.05, 4.69) is 26.0 Å². The van der Waals surface area contributed by atoms with Crippen molar-refractivity contribution >= 4 is 33.5 Å². The fraction of sp³-hybridized carbons (Fsp3) is 0.562. The molecule has 24 heavy (non-hydrogen) atoms. The molecule has 1 amide bonds. The summed E-state index contributed by atoms with van der Waals surface area (Å²) in [4.78, 5) is 18.8. The molecule has 2 rings (SSSR count). The summed E-state index contributed by atoms with van der Waals surface area (Å²) in [5, 5.41) is 4.35. The number of aryl methyl sites for hydroxylation is 1. The van der Waals surface area contributed by atoms with E-state index >= 15 is 0 Å². The number of amides is 1. The Kier molecular flexibility index (Phi) is 5.49. The van der Waals surface area contributed by atoms with Gasteiger partial charge in [0.15, 0.2) is 5.65 Å². The van der Waals surface area contributed by atoms with Gasteiger partial charge in [-0.05, 0) is 50.5 Å². The van der Waals surface area contributed by atoms with E-state index in [0.29, 0.717) is 24.6 Å². The predicted molar refractivity (Wildman–Crippen MR) is 95.6 cm³/mol. The number of rotatable bonds is 4. The summed E-state index contributed by atoms with van der Waals surface area (Å²) in [6.45, 7) is 10.1. The molecule has 2 aromatic rings. The van der Waals surface area contributed by atoms with Gasteiger partial charge in [-0.15, -0.1) is 0 Å². The van der Waals surface area contributed by atoms with Gasteiger partial charge < -0.3 is 9.47 Å². The molecule has 0 aromatic carbocycles. The minimum Gasteiger partial charge on any atom is -0.443 e. The third-order valence-corrected chi connectivity index (χ3v) is 4.00. The van der Waals surface area contributed by atoms with Crippen molar-refractivity contribution < 1.29 is 14.3 Å². The Balaban J connectivity index is 2.59. The first-order valence-electron chi connectivity index (χ1n) is 7.65. The van der Waals surface area contributed by atoms with Crippen LogP contribution in [-0.4, -0.2) is 46.6 Å². The zero-order chi connectivity index (χ0) is 18.1. The molecule has 2 aromatic heterocycles. The summed E-state index contributed by atoms with van der Waals surface area (Å²) in [6.07, 6.45) is 1.22. The molecule has 0 atom stereocenters. The van der Waals surface area contributed by atoms with Gasteiger partial charge >= 0.3 is 6.09 Å². The van der Waals surface area contributed by atoms with Gasteiger partial charge in [-0.1, -0.05) is 0 Å². The number of nitrogens with zero attached hydrogens (tertiary/aromatic N) is 4. The van der Waals surface area contributed by atoms with Gasteiger partial charge in [-0.2, -0.15) is 9.61 Å². The topological polar surface area (TPSA) is 69.0 Å². The van der Waals surface area contributed by atoms with Crippen molar-refractivity contribution in [2.45, 2.75) is 40.2 Å². The van der Waals surface area contributed by atoms with Gasteiger partial charge in [-0.3, -0.25) is 4.90 Å². The molecular weight excluding hydrogens is 376 g/mol. The lowest BCUT2D eigenvalue weighted by Crippen LogP contribution is -2.40. The summed E-state index contributed by atoms with van der Waals surface area (Å²) in [6, 6.07) is 0. The molecule has 0 spiro atoms. The minimum atomic E-state index is -0.595. The van der Waals surface area contributed by atoms with E-state index < -0.39 is 11.7 Å². The highest BCUT2D eigenvalue weighted by atomic mass is 79.9. The second-order valence-corrected chi connectivity index (χ2v) is 7.35. The molecule has 0 unspecified atom stereocenters. The van der Waals surface area contributed by atoms with Gasteiger partial charge in [0.1, 0.15) is 11.4 Å². The van der Waals surface area contributed by atoms with Gasteiger partial charge in [0.25, 0.3) is 0 Å². The summed E-state index contributed by atoms with van der Waals surface area (Å²) in [5.41, 5.74) is 1.74. The predicted octanol–water partition coefficient (Wildman–Crippen LogP) is 3.50. The molecule has 0 saturated heterocycles. The molecule has 0 saturated carbocycles. The normalized spacial score (nSPS) is 11.8. The number of aromatic nitrogens is 3. The second-order valence-electron chi connectivity index (χ2n) is 6.50. The zero-order valence-corrected chi connectivity index (χ0v) is 16.5. The van der Waals surface area contributed by atoms with Crippen molar-refractivity contribution in [2.24, 2.45) is 0 Å². The number of carbonyl (C=O) groups is 1. The van der Waals surface area contributed by atoms with Crippen LogP contribution < -0.4 is 4.90 Å². The molecule has 0 bridgehead atoms. The standard InChI is InChI=1S/C16H23BrN4O3/c1-10-11(2)19-13-12(17)9-18-21(13)14(10)20(7-8-23-6)15(22)24-16(3,4)5/h9H,7-8H2,1-6H3. The molecule has 132 valence electrons. The molecule has 0 radical (unpaired) electrons. The van der Waals surface area contributed by atoms with E-state index in [4.69, 9.17) is 9.47 Å². The first-order chi connectivity index (χ1) is 11.2. The molecule has 0 aliphatic heterocycles. The molecule has 2 heterocycles. The van der Waals surface area contributed by atoms with Crippen molar-refractivity contribution in [1.82, 2.24) is 14.6 Å². The molecule has 0 aliphatic carbocycles. The number of hydrogen-bond acceptors (Lipinski definition) is 5. The lowest BCUT2D eigenvalue weighted by atomic mass is 10.2. The number of fused-ring (bicyclic) bond motifs is 1. The Labute approximate surface area is 150 Å². The first kappa shape index (κ1) is 18.7. The second kappa shape index (κ2) is 7.06. The third-order valence-electron chi connectivity index (χ3n) is 3.44. The van der Waals surface area contributed by atoms with Crippen molar-refractivity contribution in [1.29, 1.82) is 0 Å². The van der Waals surface area contributed by atoms with Crippen LogP contribution in [0.15, 0.2) is 10.7 Å². The first-order valence-corrected chi connectivity index (χ1v) is 8.45. The summed E-state index contributed by atoms with van der Waals surface area (Å²) >= 11 is 3.44.